The summed E-state index contributed by atoms with van der Waals surface area (Å²) in [6.45, 7) is 3.46. The van der Waals surface area contributed by atoms with Crippen LogP contribution in [-0.2, 0) is 20.2 Å². The molecule has 3 aromatic rings. The Balaban J connectivity index is 2.15. The molecule has 0 aromatic heterocycles. The summed E-state index contributed by atoms with van der Waals surface area (Å²) in [5, 5.41) is 8.85. The highest BCUT2D eigenvalue weighted by atomic mass is 32.2. The van der Waals surface area contributed by atoms with Gasteiger partial charge in [-0.1, -0.05) is 12.1 Å². The van der Waals surface area contributed by atoms with Crippen LogP contribution in [0.3, 0.4) is 0 Å². The van der Waals surface area contributed by atoms with Crippen molar-refractivity contribution in [3.8, 4) is 0 Å². The quantitative estimate of drug-likeness (QED) is 0.362. The van der Waals surface area contributed by atoms with Gasteiger partial charge in [0.1, 0.15) is 0 Å². The van der Waals surface area contributed by atoms with E-state index >= 15 is 0 Å². The molecule has 0 unspecified atom stereocenters. The van der Waals surface area contributed by atoms with Gasteiger partial charge in [-0.2, -0.15) is 21.9 Å². The fourth-order valence-corrected chi connectivity index (χ4v) is 3.53. The summed E-state index contributed by atoms with van der Waals surface area (Å²) in [4.78, 5) is 3.19. The Morgan fingerprint density at radius 2 is 1.36 bits per heavy atom. The third kappa shape index (κ3) is 4.12. The molecule has 3 rings (SSSR count). The summed E-state index contributed by atoms with van der Waals surface area (Å²) >= 11 is 0. The highest BCUT2D eigenvalue weighted by molar-refractivity contribution is 7.86. The summed E-state index contributed by atoms with van der Waals surface area (Å²) in [5.74, 6) is 0. The largest absolute Gasteiger partial charge is 0.294 e. The second kappa shape index (κ2) is 7.20. The zero-order valence-electron chi connectivity index (χ0n) is 14.1. The number of hydrogen-bond acceptors (Lipinski definition) is 7. The van der Waals surface area contributed by atoms with Crippen molar-refractivity contribution in [3.05, 3.63) is 54.6 Å². The summed E-state index contributed by atoms with van der Waals surface area (Å²) in [5.41, 5.74) is 0.884. The first-order chi connectivity index (χ1) is 13.1. The van der Waals surface area contributed by atoms with Crippen molar-refractivity contribution in [1.82, 2.24) is 0 Å². The number of azo groups is 1. The zero-order chi connectivity index (χ0) is 20.5. The van der Waals surface area contributed by atoms with Gasteiger partial charge in [0, 0.05) is 10.8 Å². The van der Waals surface area contributed by atoms with Crippen LogP contribution in [-0.4, -0.2) is 32.7 Å². The highest BCUT2D eigenvalue weighted by Crippen LogP contribution is 2.35. The molecular formula is C17H13N3O6S2. The lowest BCUT2D eigenvalue weighted by Gasteiger charge is -2.06. The first-order valence-electron chi connectivity index (χ1n) is 7.60. The molecule has 0 aliphatic rings. The van der Waals surface area contributed by atoms with Crippen molar-refractivity contribution in [1.29, 1.82) is 0 Å². The standard InChI is InChI=1S/C17H13N3O6S2/c1-18-16-7-8-17(15-10-13(28(24,25)26)5-6-14(15)16)20-19-11-3-2-4-12(9-11)27(21,22)23/h2-10H,1H2,(H,21,22,23)(H,24,25,26)/b20-19+. The average molecular weight is 419 g/mol. The van der Waals surface area contributed by atoms with E-state index in [-0.39, 0.29) is 21.2 Å². The Morgan fingerprint density at radius 3 is 2.00 bits per heavy atom. The monoisotopic (exact) mass is 419 g/mol. The third-order valence-corrected chi connectivity index (χ3v) is 5.50. The van der Waals surface area contributed by atoms with Crippen molar-refractivity contribution in [2.75, 3.05) is 0 Å². The summed E-state index contributed by atoms with van der Waals surface area (Å²) < 4.78 is 63.7. The van der Waals surface area contributed by atoms with Crippen molar-refractivity contribution in [2.24, 2.45) is 15.2 Å². The molecule has 28 heavy (non-hydrogen) atoms. The van der Waals surface area contributed by atoms with Crippen LogP contribution in [0.1, 0.15) is 0 Å². The molecule has 0 spiro atoms. The van der Waals surface area contributed by atoms with Crippen LogP contribution in [0.4, 0.5) is 17.1 Å². The van der Waals surface area contributed by atoms with E-state index < -0.39 is 20.2 Å². The maximum Gasteiger partial charge on any atom is 0.294 e. The molecule has 144 valence electrons. The number of hydrogen-bond donors (Lipinski definition) is 2. The fourth-order valence-electron chi connectivity index (χ4n) is 2.50. The Kier molecular flexibility index (Phi) is 5.08. The predicted molar refractivity (Wildman–Crippen MR) is 103 cm³/mol. The van der Waals surface area contributed by atoms with E-state index in [1.807, 2.05) is 0 Å². The van der Waals surface area contributed by atoms with E-state index in [1.165, 1.54) is 42.5 Å². The zero-order valence-corrected chi connectivity index (χ0v) is 15.7. The van der Waals surface area contributed by atoms with E-state index in [9.17, 15) is 21.4 Å². The minimum atomic E-state index is -4.43. The van der Waals surface area contributed by atoms with E-state index in [0.29, 0.717) is 16.5 Å². The molecule has 0 bridgehead atoms. The molecule has 0 aliphatic heterocycles. The number of aliphatic imine (C=N–C) groups is 1. The van der Waals surface area contributed by atoms with E-state index in [0.717, 1.165) is 6.07 Å². The van der Waals surface area contributed by atoms with E-state index in [2.05, 4.69) is 21.9 Å². The van der Waals surface area contributed by atoms with Crippen LogP contribution < -0.4 is 0 Å². The predicted octanol–water partition coefficient (Wildman–Crippen LogP) is 4.08. The Labute approximate surface area is 160 Å². The molecule has 0 saturated heterocycles. The molecule has 0 radical (unpaired) electrons. The van der Waals surface area contributed by atoms with Gasteiger partial charge < -0.3 is 0 Å². The normalized spacial score (nSPS) is 12.5. The first-order valence-corrected chi connectivity index (χ1v) is 10.5. The Morgan fingerprint density at radius 1 is 0.714 bits per heavy atom. The lowest BCUT2D eigenvalue weighted by atomic mass is 10.1. The SMILES string of the molecule is C=Nc1ccc(/N=N/c2cccc(S(=O)(=O)O)c2)c2cc(S(=O)(=O)O)ccc12. The van der Waals surface area contributed by atoms with Gasteiger partial charge in [0.25, 0.3) is 20.2 Å². The molecule has 0 saturated carbocycles. The second-order valence-electron chi connectivity index (χ2n) is 5.62. The van der Waals surface area contributed by atoms with Gasteiger partial charge in [0.2, 0.25) is 0 Å². The average Bonchev–Trinajstić information content (AvgIpc) is 2.64. The van der Waals surface area contributed by atoms with Gasteiger partial charge in [-0.05, 0) is 49.2 Å². The minimum absolute atomic E-state index is 0.153. The van der Waals surface area contributed by atoms with Gasteiger partial charge in [-0.15, -0.1) is 5.11 Å². The molecule has 0 amide bonds. The highest BCUT2D eigenvalue weighted by Gasteiger charge is 2.14. The molecular weight excluding hydrogens is 406 g/mol. The van der Waals surface area contributed by atoms with Gasteiger partial charge >= 0.3 is 0 Å². The third-order valence-electron chi connectivity index (χ3n) is 3.80. The molecule has 0 aliphatic carbocycles. The molecule has 0 heterocycles. The summed E-state index contributed by atoms with van der Waals surface area (Å²) in [6.07, 6.45) is 0. The fraction of sp³-hybridized carbons (Fsp3) is 0. The molecule has 9 nitrogen and oxygen atoms in total. The smallest absolute Gasteiger partial charge is 0.282 e. The maximum atomic E-state index is 11.4. The number of rotatable bonds is 5. The number of fused-ring (bicyclic) bond motifs is 1. The van der Waals surface area contributed by atoms with Crippen LogP contribution in [0, 0.1) is 0 Å². The van der Waals surface area contributed by atoms with Crippen LogP contribution >= 0.6 is 0 Å². The van der Waals surface area contributed by atoms with Crippen molar-refractivity contribution >= 4 is 54.8 Å². The van der Waals surface area contributed by atoms with Crippen molar-refractivity contribution < 1.29 is 25.9 Å². The van der Waals surface area contributed by atoms with Gasteiger partial charge in [0.05, 0.1) is 26.9 Å². The lowest BCUT2D eigenvalue weighted by Crippen LogP contribution is -1.97. The van der Waals surface area contributed by atoms with Crippen LogP contribution in [0.15, 0.2) is 79.6 Å². The van der Waals surface area contributed by atoms with Crippen molar-refractivity contribution in [3.63, 3.8) is 0 Å². The molecule has 0 fully saturated rings. The van der Waals surface area contributed by atoms with Gasteiger partial charge in [-0.25, -0.2) is 0 Å². The molecule has 3 aromatic carbocycles. The van der Waals surface area contributed by atoms with Crippen LogP contribution in [0.25, 0.3) is 10.8 Å². The number of benzene rings is 3. The first kappa shape index (κ1) is 19.8. The van der Waals surface area contributed by atoms with Crippen molar-refractivity contribution in [2.45, 2.75) is 9.79 Å². The van der Waals surface area contributed by atoms with E-state index in [4.69, 9.17) is 4.55 Å². The van der Waals surface area contributed by atoms with E-state index in [1.54, 1.807) is 6.07 Å². The molecule has 11 heteroatoms. The lowest BCUT2D eigenvalue weighted by molar-refractivity contribution is 0.481. The summed E-state index contributed by atoms with van der Waals surface area (Å²) in [6, 6.07) is 12.2. The van der Waals surface area contributed by atoms with Gasteiger partial charge in [-0.3, -0.25) is 14.1 Å². The Hall–Kier alpha value is -2.99. The topological polar surface area (TPSA) is 146 Å². The molecule has 0 atom stereocenters. The van der Waals surface area contributed by atoms with Crippen LogP contribution in [0.5, 0.6) is 0 Å². The second-order valence-corrected chi connectivity index (χ2v) is 8.46. The minimum Gasteiger partial charge on any atom is -0.282 e. The Bertz CT molecular complexity index is 1330. The number of nitrogens with zero attached hydrogens (tertiary/aromatic N) is 3. The van der Waals surface area contributed by atoms with Crippen LogP contribution in [0.2, 0.25) is 0 Å². The molecule has 2 N–H and O–H groups in total. The summed E-state index contributed by atoms with van der Waals surface area (Å²) in [7, 11) is -8.82. The van der Waals surface area contributed by atoms with Gasteiger partial charge in [0.15, 0.2) is 0 Å². The maximum absolute atomic E-state index is 11.4.